The number of piperidine rings is 1. The third-order valence-corrected chi connectivity index (χ3v) is 5.51. The first-order valence-corrected chi connectivity index (χ1v) is 9.32. The quantitative estimate of drug-likeness (QED) is 0.404. The fraction of sp³-hybridized carbons (Fsp3) is 0.500. The Bertz CT molecular complexity index is 794. The van der Waals surface area contributed by atoms with E-state index in [2.05, 4.69) is 15.5 Å². The minimum absolute atomic E-state index is 0.0890. The van der Waals surface area contributed by atoms with Gasteiger partial charge in [0.1, 0.15) is 5.54 Å². The molecule has 3 rings (SSSR count). The third-order valence-electron chi connectivity index (χ3n) is 5.51. The molecular weight excluding hydrogens is 344 g/mol. The Morgan fingerprint density at radius 2 is 1.96 bits per heavy atom. The lowest BCUT2D eigenvalue weighted by atomic mass is 9.87. The molecule has 0 aromatic heterocycles. The Morgan fingerprint density at radius 1 is 1.26 bits per heavy atom. The molecule has 7 nitrogen and oxygen atoms in total. The fourth-order valence-electron chi connectivity index (χ4n) is 3.76. The number of nitrogens with zero attached hydrogens (tertiary/aromatic N) is 1. The van der Waals surface area contributed by atoms with E-state index in [1.165, 1.54) is 0 Å². The zero-order chi connectivity index (χ0) is 19.6. The maximum absolute atomic E-state index is 12.6. The van der Waals surface area contributed by atoms with Gasteiger partial charge in [0.05, 0.1) is 0 Å². The maximum atomic E-state index is 12.6. The van der Waals surface area contributed by atoms with Gasteiger partial charge in [0.25, 0.3) is 5.91 Å². The Morgan fingerprint density at radius 3 is 2.56 bits per heavy atom. The average molecular weight is 370 g/mol. The van der Waals surface area contributed by atoms with Crippen molar-refractivity contribution in [3.63, 3.8) is 0 Å². The molecule has 3 amide bonds. The molecule has 0 atom stereocenters. The number of ketones is 1. The lowest BCUT2D eigenvalue weighted by Gasteiger charge is -2.36. The molecule has 27 heavy (non-hydrogen) atoms. The van der Waals surface area contributed by atoms with Crippen LogP contribution in [0, 0.1) is 12.3 Å². The van der Waals surface area contributed by atoms with Crippen LogP contribution >= 0.6 is 0 Å². The van der Waals surface area contributed by atoms with Gasteiger partial charge in [-0.15, -0.1) is 0 Å². The minimum Gasteiger partial charge on any atom is -0.323 e. The van der Waals surface area contributed by atoms with Gasteiger partial charge in [0.2, 0.25) is 0 Å². The van der Waals surface area contributed by atoms with E-state index in [-0.39, 0.29) is 11.7 Å². The molecule has 0 aliphatic carbocycles. The van der Waals surface area contributed by atoms with Gasteiger partial charge in [-0.1, -0.05) is 12.1 Å². The predicted molar refractivity (Wildman–Crippen MR) is 102 cm³/mol. The molecule has 3 N–H and O–H groups in total. The van der Waals surface area contributed by atoms with Gasteiger partial charge in [-0.3, -0.25) is 14.9 Å². The van der Waals surface area contributed by atoms with Gasteiger partial charge in [-0.05, 0) is 43.9 Å². The van der Waals surface area contributed by atoms with Crippen LogP contribution in [0.15, 0.2) is 18.2 Å². The van der Waals surface area contributed by atoms with Crippen LogP contribution in [0.4, 0.5) is 4.79 Å². The topological polar surface area (TPSA) is 102 Å². The van der Waals surface area contributed by atoms with E-state index in [1.54, 1.807) is 6.92 Å². The summed E-state index contributed by atoms with van der Waals surface area (Å²) in [4.78, 5) is 38.1. The molecule has 0 bridgehead atoms. The van der Waals surface area contributed by atoms with E-state index in [0.29, 0.717) is 56.6 Å². The van der Waals surface area contributed by atoms with Crippen molar-refractivity contribution in [2.75, 3.05) is 19.6 Å². The van der Waals surface area contributed by atoms with Crippen molar-refractivity contribution < 1.29 is 14.4 Å². The maximum Gasteiger partial charge on any atom is 0.322 e. The molecule has 2 aliphatic rings. The van der Waals surface area contributed by atoms with Crippen LogP contribution in [0.25, 0.3) is 0 Å². The van der Waals surface area contributed by atoms with Crippen molar-refractivity contribution in [2.24, 2.45) is 0 Å². The summed E-state index contributed by atoms with van der Waals surface area (Å²) in [5, 5.41) is 12.7. The number of likely N-dealkylation sites (tertiary alicyclic amines) is 1. The van der Waals surface area contributed by atoms with E-state index < -0.39 is 11.6 Å². The van der Waals surface area contributed by atoms with Crippen LogP contribution in [0.2, 0.25) is 0 Å². The van der Waals surface area contributed by atoms with Crippen molar-refractivity contribution in [1.82, 2.24) is 15.5 Å². The molecule has 1 spiro atoms. The van der Waals surface area contributed by atoms with Gasteiger partial charge in [0.15, 0.2) is 5.78 Å². The van der Waals surface area contributed by atoms with Gasteiger partial charge in [-0.2, -0.15) is 0 Å². The van der Waals surface area contributed by atoms with Gasteiger partial charge in [0, 0.05) is 43.8 Å². The molecule has 7 heteroatoms. The van der Waals surface area contributed by atoms with Crippen molar-refractivity contribution in [3.05, 3.63) is 34.9 Å². The summed E-state index contributed by atoms with van der Waals surface area (Å²) in [6.07, 6.45) is 2.10. The monoisotopic (exact) mass is 370 g/mol. The van der Waals surface area contributed by atoms with Gasteiger partial charge in [-0.25, -0.2) is 4.79 Å². The van der Waals surface area contributed by atoms with Gasteiger partial charge >= 0.3 is 6.03 Å². The third kappa shape index (κ3) is 4.24. The lowest BCUT2D eigenvalue weighted by molar-refractivity contribution is -0.125. The highest BCUT2D eigenvalue weighted by Gasteiger charge is 2.47. The van der Waals surface area contributed by atoms with Crippen LogP contribution in [-0.2, 0) is 11.2 Å². The zero-order valence-electron chi connectivity index (χ0n) is 15.9. The van der Waals surface area contributed by atoms with Crippen LogP contribution in [-0.4, -0.2) is 53.5 Å². The number of rotatable bonds is 6. The molecule has 1 aromatic carbocycles. The second-order valence-corrected chi connectivity index (χ2v) is 7.60. The fourth-order valence-corrected chi connectivity index (χ4v) is 3.76. The normalized spacial score (nSPS) is 19.0. The van der Waals surface area contributed by atoms with Crippen molar-refractivity contribution in [2.45, 2.75) is 45.1 Å². The zero-order valence-corrected chi connectivity index (χ0v) is 15.9. The molecule has 144 valence electrons. The SMILES string of the molecule is CC(=N)Cc1cc(C(=O)CCN2CCC3(CC2)NC(=O)NC3=O)ccc1C. The largest absolute Gasteiger partial charge is 0.323 e. The minimum atomic E-state index is -0.770. The molecule has 2 fully saturated rings. The summed E-state index contributed by atoms with van der Waals surface area (Å²) in [6.45, 7) is 5.75. The number of imide groups is 1. The van der Waals surface area contributed by atoms with Crippen LogP contribution in [0.1, 0.15) is 47.7 Å². The number of hydrogen-bond donors (Lipinski definition) is 3. The predicted octanol–water partition coefficient (Wildman–Crippen LogP) is 1.82. The van der Waals surface area contributed by atoms with E-state index >= 15 is 0 Å². The first-order chi connectivity index (χ1) is 12.8. The van der Waals surface area contributed by atoms with Crippen molar-refractivity contribution in [3.8, 4) is 0 Å². The number of hydrogen-bond acceptors (Lipinski definition) is 5. The Hall–Kier alpha value is -2.54. The number of Topliss-reactive ketones (excluding diaryl/α,β-unsaturated/α-hetero) is 1. The summed E-state index contributed by atoms with van der Waals surface area (Å²) >= 11 is 0. The summed E-state index contributed by atoms with van der Waals surface area (Å²) in [5.41, 5.74) is 2.61. The standard InChI is InChI=1S/C20H26N4O3/c1-13-3-4-15(12-16(13)11-14(2)21)17(25)5-8-24-9-6-20(7-10-24)18(26)22-19(27)23-20/h3-4,12,21H,5-11H2,1-2H3,(H2,22,23,26,27). The van der Waals surface area contributed by atoms with Crippen LogP contribution in [0.3, 0.4) is 0 Å². The molecule has 2 aliphatic heterocycles. The Labute approximate surface area is 159 Å². The van der Waals surface area contributed by atoms with Crippen molar-refractivity contribution in [1.29, 1.82) is 5.41 Å². The Kier molecular flexibility index (Phi) is 5.41. The van der Waals surface area contributed by atoms with E-state index in [0.717, 1.165) is 11.1 Å². The highest BCUT2D eigenvalue weighted by Crippen LogP contribution is 2.25. The summed E-state index contributed by atoms with van der Waals surface area (Å²) in [7, 11) is 0. The lowest BCUT2D eigenvalue weighted by Crippen LogP contribution is -2.54. The van der Waals surface area contributed by atoms with E-state index in [4.69, 9.17) is 5.41 Å². The summed E-state index contributed by atoms with van der Waals surface area (Å²) in [5.74, 6) is -0.150. The second-order valence-electron chi connectivity index (χ2n) is 7.60. The highest BCUT2D eigenvalue weighted by atomic mass is 16.2. The average Bonchev–Trinajstić information content (AvgIpc) is 2.89. The van der Waals surface area contributed by atoms with E-state index in [1.807, 2.05) is 25.1 Å². The molecule has 2 saturated heterocycles. The number of aryl methyl sites for hydroxylation is 1. The van der Waals surface area contributed by atoms with Crippen LogP contribution < -0.4 is 10.6 Å². The molecule has 2 heterocycles. The highest BCUT2D eigenvalue weighted by molar-refractivity contribution is 6.07. The molecular formula is C20H26N4O3. The van der Waals surface area contributed by atoms with E-state index in [9.17, 15) is 14.4 Å². The number of benzene rings is 1. The molecule has 0 saturated carbocycles. The number of nitrogens with one attached hydrogen (secondary N) is 3. The Balaban J connectivity index is 1.54. The second kappa shape index (κ2) is 7.60. The number of urea groups is 1. The number of carbonyl (C=O) groups excluding carboxylic acids is 3. The first-order valence-electron chi connectivity index (χ1n) is 9.32. The van der Waals surface area contributed by atoms with Gasteiger partial charge < -0.3 is 15.6 Å². The smallest absolute Gasteiger partial charge is 0.322 e. The molecule has 0 unspecified atom stereocenters. The van der Waals surface area contributed by atoms with Crippen molar-refractivity contribution >= 4 is 23.4 Å². The summed E-state index contributed by atoms with van der Waals surface area (Å²) in [6, 6.07) is 5.28. The first kappa shape index (κ1) is 19.2. The summed E-state index contributed by atoms with van der Waals surface area (Å²) < 4.78 is 0. The molecule has 1 aromatic rings. The van der Waals surface area contributed by atoms with Crippen LogP contribution in [0.5, 0.6) is 0 Å². The number of carbonyl (C=O) groups is 3. The molecule has 0 radical (unpaired) electrons. The number of amides is 3.